The van der Waals surface area contributed by atoms with Gasteiger partial charge in [-0.1, -0.05) is 17.7 Å². The van der Waals surface area contributed by atoms with Gasteiger partial charge in [0.25, 0.3) is 11.8 Å². The first-order chi connectivity index (χ1) is 18.0. The summed E-state index contributed by atoms with van der Waals surface area (Å²) in [5.74, 6) is -0.747. The van der Waals surface area contributed by atoms with Crippen molar-refractivity contribution < 1.29 is 18.7 Å². The third-order valence-corrected chi connectivity index (χ3v) is 6.03. The van der Waals surface area contributed by atoms with Crippen LogP contribution in [0.4, 0.5) is 10.1 Å². The molecule has 1 aliphatic heterocycles. The maximum atomic E-state index is 13.5. The van der Waals surface area contributed by atoms with E-state index in [0.717, 1.165) is 0 Å². The summed E-state index contributed by atoms with van der Waals surface area (Å²) in [5, 5.41) is 9.36. The molecule has 11 heteroatoms. The number of morpholine rings is 1. The molecule has 1 aliphatic rings. The monoisotopic (exact) mass is 520 g/mol. The summed E-state index contributed by atoms with van der Waals surface area (Å²) in [6.45, 7) is 2.16. The van der Waals surface area contributed by atoms with Crippen molar-refractivity contribution >= 4 is 29.1 Å². The Bertz CT molecular complexity index is 1420. The number of carbonyl (C=O) groups is 2. The first kappa shape index (κ1) is 24.6. The molecule has 5 rings (SSSR count). The van der Waals surface area contributed by atoms with Crippen molar-refractivity contribution in [3.63, 3.8) is 0 Å². The molecule has 4 aromatic rings. The predicted molar refractivity (Wildman–Crippen MR) is 136 cm³/mol. The molecule has 0 unspecified atom stereocenters. The lowest BCUT2D eigenvalue weighted by Gasteiger charge is -2.27. The van der Waals surface area contributed by atoms with Crippen molar-refractivity contribution in [2.75, 3.05) is 31.6 Å². The number of halogens is 2. The van der Waals surface area contributed by atoms with Gasteiger partial charge in [-0.15, -0.1) is 0 Å². The highest BCUT2D eigenvalue weighted by Gasteiger charge is 2.21. The van der Waals surface area contributed by atoms with Gasteiger partial charge < -0.3 is 10.1 Å². The molecule has 0 saturated carbocycles. The minimum Gasteiger partial charge on any atom is -0.379 e. The number of nitrogens with zero attached hydrogens (tertiary/aromatic N) is 4. The van der Waals surface area contributed by atoms with Crippen LogP contribution in [-0.4, -0.2) is 57.9 Å². The number of nitrogens with one attached hydrogen (secondary N) is 2. The topological polar surface area (TPSA) is 101 Å². The lowest BCUT2D eigenvalue weighted by Crippen LogP contribution is -2.48. The van der Waals surface area contributed by atoms with Gasteiger partial charge in [-0.3, -0.25) is 15.0 Å². The molecule has 1 saturated heterocycles. The summed E-state index contributed by atoms with van der Waals surface area (Å²) < 4.78 is 20.3. The third kappa shape index (κ3) is 5.67. The second-order valence-corrected chi connectivity index (χ2v) is 8.63. The number of anilines is 1. The molecule has 1 fully saturated rings. The van der Waals surface area contributed by atoms with Crippen LogP contribution in [0.25, 0.3) is 17.1 Å². The van der Waals surface area contributed by atoms with Gasteiger partial charge in [-0.2, -0.15) is 5.10 Å². The minimum atomic E-state index is -0.469. The van der Waals surface area contributed by atoms with Crippen molar-refractivity contribution in [1.82, 2.24) is 25.2 Å². The van der Waals surface area contributed by atoms with Gasteiger partial charge >= 0.3 is 0 Å². The molecule has 2 amide bonds. The number of benzene rings is 2. The maximum absolute atomic E-state index is 13.5. The highest BCUT2D eigenvalue weighted by atomic mass is 35.5. The third-order valence-electron chi connectivity index (χ3n) is 5.70. The fraction of sp³-hybridized carbons (Fsp3) is 0.154. The number of hydrazine groups is 1. The molecule has 0 atom stereocenters. The van der Waals surface area contributed by atoms with Gasteiger partial charge in [0.1, 0.15) is 11.5 Å². The predicted octanol–water partition coefficient (Wildman–Crippen LogP) is 3.96. The van der Waals surface area contributed by atoms with Crippen LogP contribution in [-0.2, 0) is 4.74 Å². The van der Waals surface area contributed by atoms with Gasteiger partial charge in [0.05, 0.1) is 29.4 Å². The number of hydrogen-bond acceptors (Lipinski definition) is 6. The molecule has 188 valence electrons. The van der Waals surface area contributed by atoms with Crippen molar-refractivity contribution in [3.8, 4) is 17.1 Å². The molecule has 2 N–H and O–H groups in total. The van der Waals surface area contributed by atoms with Crippen molar-refractivity contribution in [2.24, 2.45) is 0 Å². The zero-order valence-electron chi connectivity index (χ0n) is 19.5. The first-order valence-corrected chi connectivity index (χ1v) is 11.9. The highest BCUT2D eigenvalue weighted by molar-refractivity contribution is 6.34. The normalized spacial score (nSPS) is 13.8. The van der Waals surface area contributed by atoms with E-state index in [0.29, 0.717) is 49.1 Å². The summed E-state index contributed by atoms with van der Waals surface area (Å²) in [6, 6.07) is 15.7. The smallest absolute Gasteiger partial charge is 0.267 e. The summed E-state index contributed by atoms with van der Waals surface area (Å²) in [4.78, 5) is 30.5. The molecule has 0 bridgehead atoms. The summed E-state index contributed by atoms with van der Waals surface area (Å²) >= 11 is 6.28. The first-order valence-electron chi connectivity index (χ1n) is 11.5. The zero-order valence-corrected chi connectivity index (χ0v) is 20.3. The van der Waals surface area contributed by atoms with Gasteiger partial charge in [0, 0.05) is 36.7 Å². The average molecular weight is 521 g/mol. The van der Waals surface area contributed by atoms with E-state index >= 15 is 0 Å². The average Bonchev–Trinajstić information content (AvgIpc) is 3.37. The Labute approximate surface area is 216 Å². The Hall–Kier alpha value is -4.12. The molecule has 9 nitrogen and oxygen atoms in total. The van der Waals surface area contributed by atoms with E-state index in [2.05, 4.69) is 20.8 Å². The fourth-order valence-electron chi connectivity index (χ4n) is 3.82. The van der Waals surface area contributed by atoms with E-state index in [4.69, 9.17) is 16.3 Å². The SMILES string of the molecule is O=C(NN1CCOCC1)c1cc(NC(=O)c2cn(-c3ccccn3)nc2-c2ccc(F)cc2)ccc1Cl. The highest BCUT2D eigenvalue weighted by Crippen LogP contribution is 2.26. The Morgan fingerprint density at radius 3 is 2.49 bits per heavy atom. The Balaban J connectivity index is 1.42. The summed E-state index contributed by atoms with van der Waals surface area (Å²) in [7, 11) is 0. The lowest BCUT2D eigenvalue weighted by atomic mass is 10.1. The number of ether oxygens (including phenoxy) is 1. The van der Waals surface area contributed by atoms with E-state index < -0.39 is 17.6 Å². The molecule has 0 aliphatic carbocycles. The van der Waals surface area contributed by atoms with Crippen LogP contribution in [0.1, 0.15) is 20.7 Å². The van der Waals surface area contributed by atoms with Gasteiger partial charge in [-0.25, -0.2) is 19.1 Å². The van der Waals surface area contributed by atoms with Crippen LogP contribution in [0.5, 0.6) is 0 Å². The lowest BCUT2D eigenvalue weighted by molar-refractivity contribution is 0.0126. The number of rotatable bonds is 6. The molecular weight excluding hydrogens is 499 g/mol. The number of hydrogen-bond donors (Lipinski definition) is 2. The standard InChI is InChI=1S/C26H22ClFN6O3/c27-22-9-8-19(15-20(22)26(36)32-33-11-13-37-14-12-33)30-25(35)21-16-34(23-3-1-2-10-29-23)31-24(21)17-4-6-18(28)7-5-17/h1-10,15-16H,11-14H2,(H,30,35)(H,32,36). The second-order valence-electron chi connectivity index (χ2n) is 8.22. The Kier molecular flexibility index (Phi) is 7.22. The minimum absolute atomic E-state index is 0.217. The van der Waals surface area contributed by atoms with Crippen molar-refractivity contribution in [2.45, 2.75) is 0 Å². The quantitative estimate of drug-likeness (QED) is 0.399. The van der Waals surface area contributed by atoms with Crippen molar-refractivity contribution in [3.05, 3.63) is 95.0 Å². The molecule has 0 spiro atoms. The number of amides is 2. The van der Waals surface area contributed by atoms with Crippen LogP contribution in [0.15, 0.2) is 73.1 Å². The molecule has 0 radical (unpaired) electrons. The van der Waals surface area contributed by atoms with E-state index in [-0.39, 0.29) is 16.1 Å². The van der Waals surface area contributed by atoms with Crippen molar-refractivity contribution in [1.29, 1.82) is 0 Å². The van der Waals surface area contributed by atoms with E-state index in [9.17, 15) is 14.0 Å². The van der Waals surface area contributed by atoms with Gasteiger partial charge in [-0.05, 0) is 54.6 Å². The molecule has 2 aromatic heterocycles. The largest absolute Gasteiger partial charge is 0.379 e. The van der Waals surface area contributed by atoms with E-state index in [1.165, 1.54) is 22.9 Å². The number of carbonyl (C=O) groups excluding carboxylic acids is 2. The van der Waals surface area contributed by atoms with Crippen LogP contribution < -0.4 is 10.7 Å². The Morgan fingerprint density at radius 1 is 0.973 bits per heavy atom. The fourth-order valence-corrected chi connectivity index (χ4v) is 4.03. The molecule has 3 heterocycles. The van der Waals surface area contributed by atoms with E-state index in [1.54, 1.807) is 59.9 Å². The van der Waals surface area contributed by atoms with Crippen LogP contribution >= 0.6 is 11.6 Å². The molecule has 2 aromatic carbocycles. The number of aromatic nitrogens is 3. The number of pyridine rings is 1. The second kappa shape index (κ2) is 10.9. The molecular formula is C26H22ClFN6O3. The zero-order chi connectivity index (χ0) is 25.8. The molecule has 37 heavy (non-hydrogen) atoms. The summed E-state index contributed by atoms with van der Waals surface area (Å²) in [6.07, 6.45) is 3.17. The van der Waals surface area contributed by atoms with Gasteiger partial charge in [0.15, 0.2) is 5.82 Å². The van der Waals surface area contributed by atoms with Crippen LogP contribution in [0, 0.1) is 5.82 Å². The van der Waals surface area contributed by atoms with Crippen LogP contribution in [0.3, 0.4) is 0 Å². The summed E-state index contributed by atoms with van der Waals surface area (Å²) in [5.41, 5.74) is 4.55. The van der Waals surface area contributed by atoms with E-state index in [1.807, 2.05) is 0 Å². The van der Waals surface area contributed by atoms with Crippen LogP contribution in [0.2, 0.25) is 5.02 Å². The maximum Gasteiger partial charge on any atom is 0.267 e. The Morgan fingerprint density at radius 2 is 1.76 bits per heavy atom. The van der Waals surface area contributed by atoms with Gasteiger partial charge in [0.2, 0.25) is 0 Å².